The number of carbonyl (C=O) groups excluding carboxylic acids is 1. The monoisotopic (exact) mass is 535 g/mol. The van der Waals surface area contributed by atoms with Gasteiger partial charge in [0.2, 0.25) is 0 Å². The Kier molecular flexibility index (Phi) is 7.53. The Hall–Kier alpha value is -3.48. The lowest BCUT2D eigenvalue weighted by Gasteiger charge is -2.39. The molecule has 196 valence electrons. The fraction of sp³-hybridized carbons (Fsp3) is 0.280. The van der Waals surface area contributed by atoms with Gasteiger partial charge in [0.15, 0.2) is 14.6 Å². The first-order valence-electron chi connectivity index (χ1n) is 11.3. The smallest absolute Gasteiger partial charge is 0.416 e. The number of aromatic nitrogens is 1. The summed E-state index contributed by atoms with van der Waals surface area (Å²) in [6, 6.07) is 13.0. The summed E-state index contributed by atoms with van der Waals surface area (Å²) in [5.74, 6) is -0.658. The molecule has 0 bridgehead atoms. The fourth-order valence-corrected chi connectivity index (χ4v) is 6.25. The van der Waals surface area contributed by atoms with E-state index in [9.17, 15) is 31.6 Å². The minimum Gasteiger partial charge on any atom is -0.457 e. The Labute approximate surface area is 211 Å². The molecule has 1 aromatic heterocycles. The van der Waals surface area contributed by atoms with Crippen LogP contribution in [-0.2, 0) is 27.4 Å². The molecule has 0 unspecified atom stereocenters. The summed E-state index contributed by atoms with van der Waals surface area (Å²) < 4.78 is 69.1. The number of benzene rings is 2. The van der Waals surface area contributed by atoms with E-state index < -0.39 is 32.2 Å². The quantitative estimate of drug-likeness (QED) is 0.345. The van der Waals surface area contributed by atoms with Gasteiger partial charge in [-0.05, 0) is 79.1 Å². The van der Waals surface area contributed by atoms with Gasteiger partial charge < -0.3 is 4.74 Å². The van der Waals surface area contributed by atoms with Crippen molar-refractivity contribution in [1.82, 2.24) is 15.4 Å². The predicted octanol–water partition coefficient (Wildman–Crippen LogP) is 4.21. The Morgan fingerprint density at radius 2 is 1.51 bits per heavy atom. The maximum Gasteiger partial charge on any atom is 0.416 e. The molecule has 0 spiro atoms. The number of piperidine rings is 1. The van der Waals surface area contributed by atoms with Crippen molar-refractivity contribution in [2.45, 2.75) is 35.2 Å². The first kappa shape index (κ1) is 26.6. The molecule has 2 aromatic carbocycles. The van der Waals surface area contributed by atoms with E-state index in [4.69, 9.17) is 4.74 Å². The van der Waals surface area contributed by atoms with Crippen LogP contribution in [0.15, 0.2) is 78.0 Å². The van der Waals surface area contributed by atoms with E-state index in [-0.39, 0.29) is 29.2 Å². The first-order chi connectivity index (χ1) is 17.5. The lowest BCUT2D eigenvalue weighted by Crippen LogP contribution is -2.57. The highest BCUT2D eigenvalue weighted by molar-refractivity contribution is 7.93. The zero-order valence-corrected chi connectivity index (χ0v) is 20.3. The number of alkyl halides is 3. The van der Waals surface area contributed by atoms with Gasteiger partial charge >= 0.3 is 6.18 Å². The van der Waals surface area contributed by atoms with E-state index in [1.165, 1.54) is 29.7 Å². The number of likely N-dealkylation sites (tertiary alicyclic amines) is 1. The largest absolute Gasteiger partial charge is 0.457 e. The zero-order valence-electron chi connectivity index (χ0n) is 19.5. The highest BCUT2D eigenvalue weighted by atomic mass is 32.2. The number of rotatable bonds is 7. The summed E-state index contributed by atoms with van der Waals surface area (Å²) in [6.07, 6.45) is -1.20. The van der Waals surface area contributed by atoms with Crippen LogP contribution in [-0.4, -0.2) is 47.3 Å². The number of nitrogens with zero attached hydrogens (tertiary/aromatic N) is 2. The third-order valence-corrected chi connectivity index (χ3v) is 8.92. The summed E-state index contributed by atoms with van der Waals surface area (Å²) in [5, 5.41) is 9.37. The molecule has 3 aromatic rings. The van der Waals surface area contributed by atoms with Crippen LogP contribution in [0.5, 0.6) is 11.5 Å². The normalized spacial score (nSPS) is 16.2. The summed E-state index contributed by atoms with van der Waals surface area (Å²) >= 11 is 0. The minimum absolute atomic E-state index is 0.0311. The molecule has 0 atom stereocenters. The number of sulfone groups is 1. The molecule has 0 radical (unpaired) electrons. The van der Waals surface area contributed by atoms with Crippen molar-refractivity contribution < 1.29 is 36.3 Å². The van der Waals surface area contributed by atoms with Crippen molar-refractivity contribution in [3.8, 4) is 11.5 Å². The molecule has 1 aliphatic rings. The first-order valence-corrected chi connectivity index (χ1v) is 12.8. The number of ether oxygens (including phenoxy) is 1. The zero-order chi connectivity index (χ0) is 26.7. The maximum atomic E-state index is 13.6. The predicted molar refractivity (Wildman–Crippen MR) is 127 cm³/mol. The molecule has 37 heavy (non-hydrogen) atoms. The van der Waals surface area contributed by atoms with Crippen LogP contribution in [0.4, 0.5) is 13.2 Å². The minimum atomic E-state index is -4.47. The van der Waals surface area contributed by atoms with Crippen molar-refractivity contribution in [2.24, 2.45) is 0 Å². The molecule has 2 heterocycles. The van der Waals surface area contributed by atoms with Gasteiger partial charge in [0.05, 0.1) is 10.5 Å². The number of amides is 1. The van der Waals surface area contributed by atoms with Crippen molar-refractivity contribution in [1.29, 1.82) is 0 Å². The summed E-state index contributed by atoms with van der Waals surface area (Å²) in [6.45, 7) is 1.18. The molecule has 2 N–H and O–H groups in total. The lowest BCUT2D eigenvalue weighted by atomic mass is 9.94. The van der Waals surface area contributed by atoms with Gasteiger partial charge in [0, 0.05) is 32.0 Å². The molecule has 1 fully saturated rings. The number of pyridine rings is 1. The second-order valence-corrected chi connectivity index (χ2v) is 10.9. The Balaban J connectivity index is 1.50. The van der Waals surface area contributed by atoms with Crippen molar-refractivity contribution in [3.05, 3.63) is 84.2 Å². The maximum absolute atomic E-state index is 13.6. The molecular weight excluding hydrogens is 511 g/mol. The van der Waals surface area contributed by atoms with E-state index >= 15 is 0 Å². The van der Waals surface area contributed by atoms with Crippen LogP contribution in [0.1, 0.15) is 24.0 Å². The van der Waals surface area contributed by atoms with Crippen LogP contribution >= 0.6 is 0 Å². The summed E-state index contributed by atoms with van der Waals surface area (Å²) in [4.78, 5) is 18.6. The van der Waals surface area contributed by atoms with Crippen LogP contribution in [0.3, 0.4) is 0 Å². The highest BCUT2D eigenvalue weighted by Crippen LogP contribution is 2.37. The van der Waals surface area contributed by atoms with Crippen LogP contribution < -0.4 is 10.2 Å². The van der Waals surface area contributed by atoms with Gasteiger partial charge in [-0.2, -0.15) is 13.2 Å². The van der Waals surface area contributed by atoms with Crippen molar-refractivity contribution in [2.75, 3.05) is 13.1 Å². The molecule has 0 aliphatic carbocycles. The van der Waals surface area contributed by atoms with Gasteiger partial charge in [-0.3, -0.25) is 19.9 Å². The van der Waals surface area contributed by atoms with Gasteiger partial charge in [-0.1, -0.05) is 0 Å². The third-order valence-electron chi connectivity index (χ3n) is 6.40. The van der Waals surface area contributed by atoms with Crippen LogP contribution in [0, 0.1) is 0 Å². The molecule has 8 nitrogen and oxygen atoms in total. The standard InChI is InChI=1S/C25H24F3N3O5S/c26-25(27,28)19-1-3-20(4-2-19)36-21-5-7-22(8-6-21)37(34,35)24(23(32)30-33)11-15-31(16-12-24)17-18-9-13-29-14-10-18/h1-10,13-14,33H,11-12,15-17H2,(H,30,32). The third kappa shape index (κ3) is 5.60. The molecular formula is C25H24F3N3O5S. The Morgan fingerprint density at radius 1 is 0.973 bits per heavy atom. The van der Waals surface area contributed by atoms with Crippen LogP contribution in [0.2, 0.25) is 0 Å². The lowest BCUT2D eigenvalue weighted by molar-refractivity contribution is -0.137. The Morgan fingerprint density at radius 3 is 2.03 bits per heavy atom. The topological polar surface area (TPSA) is 109 Å². The average molecular weight is 536 g/mol. The average Bonchev–Trinajstić information content (AvgIpc) is 2.89. The van der Waals surface area contributed by atoms with E-state index in [1.54, 1.807) is 12.4 Å². The molecule has 1 amide bonds. The van der Waals surface area contributed by atoms with Crippen molar-refractivity contribution in [3.63, 3.8) is 0 Å². The molecule has 12 heteroatoms. The van der Waals surface area contributed by atoms with E-state index in [0.29, 0.717) is 19.6 Å². The second kappa shape index (κ2) is 10.5. The van der Waals surface area contributed by atoms with Gasteiger partial charge in [0.1, 0.15) is 11.5 Å². The van der Waals surface area contributed by atoms with E-state index in [2.05, 4.69) is 4.98 Å². The number of nitrogens with one attached hydrogen (secondary N) is 1. The molecule has 4 rings (SSSR count). The number of hydrogen-bond acceptors (Lipinski definition) is 7. The Bertz CT molecular complexity index is 1320. The van der Waals surface area contributed by atoms with Gasteiger partial charge in [0.25, 0.3) is 5.91 Å². The summed E-state index contributed by atoms with van der Waals surface area (Å²) in [5.41, 5.74) is 1.71. The fourth-order valence-electron chi connectivity index (χ4n) is 4.30. The molecule has 1 aliphatic heterocycles. The SMILES string of the molecule is O=C(NO)C1(S(=O)(=O)c2ccc(Oc3ccc(C(F)(F)F)cc3)cc2)CCN(Cc2ccncc2)CC1. The van der Waals surface area contributed by atoms with Gasteiger partial charge in [-0.15, -0.1) is 0 Å². The highest BCUT2D eigenvalue weighted by Gasteiger charge is 2.52. The number of hydroxylamine groups is 1. The number of carbonyl (C=O) groups is 1. The number of hydrogen-bond donors (Lipinski definition) is 2. The molecule has 0 saturated carbocycles. The van der Waals surface area contributed by atoms with E-state index in [1.807, 2.05) is 17.0 Å². The van der Waals surface area contributed by atoms with Crippen LogP contribution in [0.25, 0.3) is 0 Å². The number of halogens is 3. The van der Waals surface area contributed by atoms with Crippen molar-refractivity contribution >= 4 is 15.7 Å². The summed E-state index contributed by atoms with van der Waals surface area (Å²) in [7, 11) is -4.23. The molecule has 1 saturated heterocycles. The van der Waals surface area contributed by atoms with E-state index in [0.717, 1.165) is 29.8 Å². The second-order valence-electron chi connectivity index (χ2n) is 8.67. The van der Waals surface area contributed by atoms with Gasteiger partial charge in [-0.25, -0.2) is 13.9 Å².